The van der Waals surface area contributed by atoms with E-state index in [1.807, 2.05) is 0 Å². The Balaban J connectivity index is 2.39. The quantitative estimate of drug-likeness (QED) is 0.899. The maximum atomic E-state index is 11.4. The van der Waals surface area contributed by atoms with Crippen LogP contribution in [0.2, 0.25) is 5.02 Å². The molecule has 0 aromatic heterocycles. The van der Waals surface area contributed by atoms with Gasteiger partial charge in [-0.1, -0.05) is 36.9 Å². The number of rotatable bonds is 4. The van der Waals surface area contributed by atoms with E-state index in [0.29, 0.717) is 22.3 Å². The Kier molecular flexibility index (Phi) is 4.70. The molecule has 2 rings (SSSR count). The Labute approximate surface area is 119 Å². The molecule has 0 spiro atoms. The maximum absolute atomic E-state index is 11.4. The highest BCUT2D eigenvalue weighted by atomic mass is 35.5. The molecule has 1 aromatic rings. The van der Waals surface area contributed by atoms with Gasteiger partial charge in [0, 0.05) is 12.6 Å². The van der Waals surface area contributed by atoms with E-state index >= 15 is 0 Å². The second-order valence-corrected chi connectivity index (χ2v) is 5.43. The van der Waals surface area contributed by atoms with Crippen molar-refractivity contribution in [2.45, 2.75) is 45.1 Å². The minimum Gasteiger partial charge on any atom is -0.478 e. The van der Waals surface area contributed by atoms with Crippen molar-refractivity contribution in [1.29, 1.82) is 0 Å². The van der Waals surface area contributed by atoms with Crippen LogP contribution in [0.15, 0.2) is 18.2 Å². The van der Waals surface area contributed by atoms with Gasteiger partial charge in [-0.3, -0.25) is 0 Å². The zero-order valence-corrected chi connectivity index (χ0v) is 12.0. The number of carboxylic acid groups (broad SMARTS) is 1. The molecule has 3 nitrogen and oxygen atoms in total. The van der Waals surface area contributed by atoms with Crippen LogP contribution in [0.3, 0.4) is 0 Å². The predicted octanol–water partition coefficient (Wildman–Crippen LogP) is 4.20. The molecule has 1 aliphatic rings. The summed E-state index contributed by atoms with van der Waals surface area (Å²) in [5.74, 6) is -0.910. The standard InChI is InChI=1S/C15H20ClNO2/c1-2-17(11-7-4-3-5-8-11)14-12(15(18)19)9-6-10-13(14)16/h6,9-11H,2-5,7-8H2,1H3,(H,18,19). The first-order valence-corrected chi connectivity index (χ1v) is 7.31. The van der Waals surface area contributed by atoms with Crippen LogP contribution in [0.1, 0.15) is 49.4 Å². The van der Waals surface area contributed by atoms with E-state index < -0.39 is 5.97 Å². The zero-order valence-electron chi connectivity index (χ0n) is 11.2. The smallest absolute Gasteiger partial charge is 0.337 e. The number of carboxylic acids is 1. The lowest BCUT2D eigenvalue weighted by atomic mass is 9.93. The first-order valence-electron chi connectivity index (χ1n) is 6.93. The van der Waals surface area contributed by atoms with Crippen molar-refractivity contribution in [2.24, 2.45) is 0 Å². The lowest BCUT2D eigenvalue weighted by Gasteiger charge is -2.36. The molecule has 0 amide bonds. The van der Waals surface area contributed by atoms with Crippen molar-refractivity contribution in [3.63, 3.8) is 0 Å². The van der Waals surface area contributed by atoms with Crippen molar-refractivity contribution in [1.82, 2.24) is 0 Å². The van der Waals surface area contributed by atoms with Crippen LogP contribution >= 0.6 is 11.6 Å². The normalized spacial score (nSPS) is 16.3. The van der Waals surface area contributed by atoms with Gasteiger partial charge in [-0.15, -0.1) is 0 Å². The average molecular weight is 282 g/mol. The van der Waals surface area contributed by atoms with E-state index in [2.05, 4.69) is 11.8 Å². The Morgan fingerprint density at radius 3 is 2.63 bits per heavy atom. The lowest BCUT2D eigenvalue weighted by Crippen LogP contribution is -2.37. The second kappa shape index (κ2) is 6.29. The van der Waals surface area contributed by atoms with Crippen LogP contribution in [-0.2, 0) is 0 Å². The molecule has 19 heavy (non-hydrogen) atoms. The van der Waals surface area contributed by atoms with Crippen LogP contribution < -0.4 is 4.90 Å². The summed E-state index contributed by atoms with van der Waals surface area (Å²) >= 11 is 6.26. The third-order valence-corrected chi connectivity index (χ3v) is 4.17. The van der Waals surface area contributed by atoms with Crippen LogP contribution in [-0.4, -0.2) is 23.7 Å². The van der Waals surface area contributed by atoms with Crippen molar-refractivity contribution >= 4 is 23.3 Å². The fourth-order valence-corrected chi connectivity index (χ4v) is 3.25. The maximum Gasteiger partial charge on any atom is 0.337 e. The third kappa shape index (κ3) is 3.03. The highest BCUT2D eigenvalue weighted by Crippen LogP contribution is 2.34. The molecule has 0 unspecified atom stereocenters. The summed E-state index contributed by atoms with van der Waals surface area (Å²) < 4.78 is 0. The molecule has 1 aliphatic carbocycles. The van der Waals surface area contributed by atoms with Crippen LogP contribution in [0.5, 0.6) is 0 Å². The number of aromatic carboxylic acids is 1. The van der Waals surface area contributed by atoms with Gasteiger partial charge in [0.05, 0.1) is 16.3 Å². The molecule has 104 valence electrons. The highest BCUT2D eigenvalue weighted by Gasteiger charge is 2.25. The first-order chi connectivity index (χ1) is 9.15. The minimum absolute atomic E-state index is 0.305. The van der Waals surface area contributed by atoms with Crippen LogP contribution in [0.25, 0.3) is 0 Å². The summed E-state index contributed by atoms with van der Waals surface area (Å²) in [5.41, 5.74) is 0.992. The molecule has 0 radical (unpaired) electrons. The molecule has 1 N–H and O–H groups in total. The summed E-state index contributed by atoms with van der Waals surface area (Å²) in [6, 6.07) is 5.52. The number of halogens is 1. The number of benzene rings is 1. The fourth-order valence-electron chi connectivity index (χ4n) is 2.97. The van der Waals surface area contributed by atoms with Crippen molar-refractivity contribution in [3.8, 4) is 0 Å². The van der Waals surface area contributed by atoms with E-state index in [0.717, 1.165) is 19.4 Å². The van der Waals surface area contributed by atoms with Gasteiger partial charge in [-0.05, 0) is 31.9 Å². The molecule has 0 bridgehead atoms. The summed E-state index contributed by atoms with van der Waals surface area (Å²) in [7, 11) is 0. The van der Waals surface area contributed by atoms with E-state index in [4.69, 9.17) is 11.6 Å². The summed E-state index contributed by atoms with van der Waals surface area (Å²) in [4.78, 5) is 13.6. The van der Waals surface area contributed by atoms with Gasteiger partial charge in [0.25, 0.3) is 0 Å². The molecule has 0 atom stereocenters. The van der Waals surface area contributed by atoms with E-state index in [1.54, 1.807) is 18.2 Å². The van der Waals surface area contributed by atoms with E-state index in [-0.39, 0.29) is 0 Å². The Hall–Kier alpha value is -1.22. The number of carbonyl (C=O) groups is 1. The van der Waals surface area contributed by atoms with Crippen molar-refractivity contribution < 1.29 is 9.90 Å². The molecule has 1 aromatic carbocycles. The molecule has 4 heteroatoms. The molecule has 1 saturated carbocycles. The first kappa shape index (κ1) is 14.2. The highest BCUT2D eigenvalue weighted by molar-refractivity contribution is 6.34. The monoisotopic (exact) mass is 281 g/mol. The summed E-state index contributed by atoms with van der Waals surface area (Å²) in [6.07, 6.45) is 5.96. The molecule has 0 aliphatic heterocycles. The Morgan fingerprint density at radius 2 is 2.05 bits per heavy atom. The number of nitrogens with zero attached hydrogens (tertiary/aromatic N) is 1. The van der Waals surface area contributed by atoms with E-state index in [1.165, 1.54) is 19.3 Å². The number of anilines is 1. The van der Waals surface area contributed by atoms with Gasteiger partial charge in [0.1, 0.15) is 0 Å². The lowest BCUT2D eigenvalue weighted by molar-refractivity contribution is 0.0697. The zero-order chi connectivity index (χ0) is 13.8. The number of hydrogen-bond acceptors (Lipinski definition) is 2. The summed E-state index contributed by atoms with van der Waals surface area (Å²) in [6.45, 7) is 2.85. The van der Waals surface area contributed by atoms with Gasteiger partial charge in [-0.2, -0.15) is 0 Å². The summed E-state index contributed by atoms with van der Waals surface area (Å²) in [5, 5.41) is 9.88. The fraction of sp³-hybridized carbons (Fsp3) is 0.533. The second-order valence-electron chi connectivity index (χ2n) is 5.02. The van der Waals surface area contributed by atoms with Gasteiger partial charge >= 0.3 is 5.97 Å². The van der Waals surface area contributed by atoms with E-state index in [9.17, 15) is 9.90 Å². The average Bonchev–Trinajstić information content (AvgIpc) is 2.42. The van der Waals surface area contributed by atoms with Crippen molar-refractivity contribution in [3.05, 3.63) is 28.8 Å². The minimum atomic E-state index is -0.910. The number of para-hydroxylation sites is 1. The van der Waals surface area contributed by atoms with Gasteiger partial charge in [0.15, 0.2) is 0 Å². The molecule has 1 fully saturated rings. The topological polar surface area (TPSA) is 40.5 Å². The van der Waals surface area contributed by atoms with Gasteiger partial charge in [-0.25, -0.2) is 4.79 Å². The van der Waals surface area contributed by atoms with Crippen LogP contribution in [0.4, 0.5) is 5.69 Å². The van der Waals surface area contributed by atoms with Crippen molar-refractivity contribution in [2.75, 3.05) is 11.4 Å². The largest absolute Gasteiger partial charge is 0.478 e. The SMILES string of the molecule is CCN(c1c(Cl)cccc1C(=O)O)C1CCCCC1. The van der Waals surface area contributed by atoms with Gasteiger partial charge < -0.3 is 10.0 Å². The molecule has 0 saturated heterocycles. The van der Waals surface area contributed by atoms with Crippen LogP contribution in [0, 0.1) is 0 Å². The molecular weight excluding hydrogens is 262 g/mol. The molecular formula is C15H20ClNO2. The number of hydrogen-bond donors (Lipinski definition) is 1. The van der Waals surface area contributed by atoms with Gasteiger partial charge in [0.2, 0.25) is 0 Å². The third-order valence-electron chi connectivity index (χ3n) is 3.86. The Bertz CT molecular complexity index is 455. The predicted molar refractivity (Wildman–Crippen MR) is 78.3 cm³/mol. The molecule has 0 heterocycles. The Morgan fingerprint density at radius 1 is 1.37 bits per heavy atom.